The Morgan fingerprint density at radius 1 is 0.380 bits per heavy atom. The lowest BCUT2D eigenvalue weighted by Gasteiger charge is -2.12. The molecule has 9 aromatic rings. The maximum Gasteiger partial charge on any atom is 0.164 e. The Bertz CT molecular complexity index is 2640. The van der Waals surface area contributed by atoms with Gasteiger partial charge in [-0.05, 0) is 51.6 Å². The highest BCUT2D eigenvalue weighted by Crippen LogP contribution is 2.44. The SMILES string of the molecule is c1ccc(-c2nc(-c3ccccc3)nc(-c3ccc(-c4ccc(-n5c6ccccc6c6ccc7c(c65)Cc5ccccc5-7)cc4)cc3)n2)cc1. The Hall–Kier alpha value is -6.65. The average molecular weight is 639 g/mol. The predicted octanol–water partition coefficient (Wildman–Crippen LogP) is 11.2. The molecule has 0 saturated heterocycles. The van der Waals surface area contributed by atoms with Crippen LogP contribution in [0.4, 0.5) is 0 Å². The zero-order valence-corrected chi connectivity index (χ0v) is 27.2. The number of rotatable bonds is 5. The van der Waals surface area contributed by atoms with Crippen LogP contribution in [-0.4, -0.2) is 19.5 Å². The van der Waals surface area contributed by atoms with Gasteiger partial charge in [0.2, 0.25) is 0 Å². The molecule has 1 aliphatic carbocycles. The number of hydrogen-bond donors (Lipinski definition) is 0. The molecule has 2 aromatic heterocycles. The van der Waals surface area contributed by atoms with Crippen LogP contribution in [0.5, 0.6) is 0 Å². The summed E-state index contributed by atoms with van der Waals surface area (Å²) in [5, 5.41) is 2.58. The van der Waals surface area contributed by atoms with E-state index in [4.69, 9.17) is 15.0 Å². The van der Waals surface area contributed by atoms with E-state index in [0.717, 1.165) is 39.9 Å². The molecular weight excluding hydrogens is 609 g/mol. The summed E-state index contributed by atoms with van der Waals surface area (Å²) >= 11 is 0. The van der Waals surface area contributed by atoms with Crippen molar-refractivity contribution in [3.05, 3.63) is 181 Å². The van der Waals surface area contributed by atoms with Crippen LogP contribution in [0.1, 0.15) is 11.1 Å². The first-order chi connectivity index (χ1) is 24.8. The van der Waals surface area contributed by atoms with Crippen LogP contribution in [0.15, 0.2) is 170 Å². The van der Waals surface area contributed by atoms with Crippen LogP contribution in [0.25, 0.3) is 83.9 Å². The van der Waals surface area contributed by atoms with E-state index in [1.54, 1.807) is 0 Å². The lowest BCUT2D eigenvalue weighted by Crippen LogP contribution is -2.00. The molecular formula is C46H30N4. The Balaban J connectivity index is 1.02. The first-order valence-electron chi connectivity index (χ1n) is 17.0. The monoisotopic (exact) mass is 638 g/mol. The van der Waals surface area contributed by atoms with Crippen molar-refractivity contribution in [1.29, 1.82) is 0 Å². The van der Waals surface area contributed by atoms with Crippen molar-refractivity contribution in [3.63, 3.8) is 0 Å². The standard InChI is InChI=1S/C46H30N4/c1-3-11-32(12-4-1)44-47-45(33-13-5-2-6-14-33)49-46(48-44)34-21-19-30(20-22-34)31-23-25-36(26-24-31)50-42-18-10-9-17-39(42)40-28-27-38-37-16-8-7-15-35(37)29-41(38)43(40)50/h1-28H,29H2. The minimum Gasteiger partial charge on any atom is -0.309 e. The van der Waals surface area contributed by atoms with Crippen molar-refractivity contribution < 1.29 is 0 Å². The summed E-state index contributed by atoms with van der Waals surface area (Å²) in [4.78, 5) is 14.6. The van der Waals surface area contributed by atoms with Crippen molar-refractivity contribution in [3.8, 4) is 62.1 Å². The van der Waals surface area contributed by atoms with E-state index in [9.17, 15) is 0 Å². The van der Waals surface area contributed by atoms with Gasteiger partial charge in [0.05, 0.1) is 11.0 Å². The minimum absolute atomic E-state index is 0.653. The summed E-state index contributed by atoms with van der Waals surface area (Å²) in [6.07, 6.45) is 0.949. The molecule has 7 aromatic carbocycles. The molecule has 0 fully saturated rings. The second-order valence-electron chi connectivity index (χ2n) is 12.8. The summed E-state index contributed by atoms with van der Waals surface area (Å²) in [6.45, 7) is 0. The number of hydrogen-bond acceptors (Lipinski definition) is 3. The van der Waals surface area contributed by atoms with Gasteiger partial charge in [-0.25, -0.2) is 15.0 Å². The van der Waals surface area contributed by atoms with E-state index < -0.39 is 0 Å². The zero-order chi connectivity index (χ0) is 33.0. The number of benzene rings is 7. The molecule has 1 aliphatic rings. The minimum atomic E-state index is 0.653. The molecule has 0 amide bonds. The van der Waals surface area contributed by atoms with Crippen molar-refractivity contribution in [2.45, 2.75) is 6.42 Å². The van der Waals surface area contributed by atoms with Crippen molar-refractivity contribution in [1.82, 2.24) is 19.5 Å². The molecule has 234 valence electrons. The number of para-hydroxylation sites is 1. The summed E-state index contributed by atoms with van der Waals surface area (Å²) in [5.74, 6) is 1.98. The van der Waals surface area contributed by atoms with Gasteiger partial charge in [0.15, 0.2) is 17.5 Å². The van der Waals surface area contributed by atoms with E-state index in [2.05, 4.69) is 114 Å². The van der Waals surface area contributed by atoms with E-state index in [1.807, 2.05) is 60.7 Å². The second-order valence-corrected chi connectivity index (χ2v) is 12.8. The van der Waals surface area contributed by atoms with Gasteiger partial charge in [0.25, 0.3) is 0 Å². The third-order valence-corrected chi connectivity index (χ3v) is 9.92. The summed E-state index contributed by atoms with van der Waals surface area (Å²) in [6, 6.07) is 59.9. The number of nitrogens with zero attached hydrogens (tertiary/aromatic N) is 4. The smallest absolute Gasteiger partial charge is 0.164 e. The summed E-state index contributed by atoms with van der Waals surface area (Å²) in [7, 11) is 0. The lowest BCUT2D eigenvalue weighted by molar-refractivity contribution is 1.07. The molecule has 4 nitrogen and oxygen atoms in total. The molecule has 0 spiro atoms. The van der Waals surface area contributed by atoms with E-state index in [1.165, 1.54) is 44.1 Å². The van der Waals surface area contributed by atoms with Crippen LogP contribution in [0.3, 0.4) is 0 Å². The van der Waals surface area contributed by atoms with Gasteiger partial charge in [0, 0.05) is 39.6 Å². The van der Waals surface area contributed by atoms with Crippen LogP contribution in [-0.2, 0) is 6.42 Å². The van der Waals surface area contributed by atoms with E-state index in [0.29, 0.717) is 17.5 Å². The van der Waals surface area contributed by atoms with Crippen molar-refractivity contribution in [2.75, 3.05) is 0 Å². The Morgan fingerprint density at radius 3 is 1.56 bits per heavy atom. The van der Waals surface area contributed by atoms with Gasteiger partial charge in [0.1, 0.15) is 0 Å². The second kappa shape index (κ2) is 11.5. The predicted molar refractivity (Wildman–Crippen MR) is 204 cm³/mol. The maximum atomic E-state index is 4.90. The first-order valence-corrected chi connectivity index (χ1v) is 17.0. The summed E-state index contributed by atoms with van der Waals surface area (Å²) in [5.41, 5.74) is 14.4. The van der Waals surface area contributed by atoms with Gasteiger partial charge < -0.3 is 4.57 Å². The molecule has 0 aliphatic heterocycles. The van der Waals surface area contributed by atoms with E-state index >= 15 is 0 Å². The lowest BCUT2D eigenvalue weighted by atomic mass is 10.0. The van der Waals surface area contributed by atoms with Gasteiger partial charge in [-0.15, -0.1) is 0 Å². The molecule has 10 rings (SSSR count). The fourth-order valence-electron chi connectivity index (χ4n) is 7.51. The topological polar surface area (TPSA) is 43.6 Å². The highest BCUT2D eigenvalue weighted by atomic mass is 15.0. The molecule has 0 bridgehead atoms. The first kappa shape index (κ1) is 28.4. The highest BCUT2D eigenvalue weighted by Gasteiger charge is 2.24. The summed E-state index contributed by atoms with van der Waals surface area (Å²) < 4.78 is 2.46. The zero-order valence-electron chi connectivity index (χ0n) is 27.2. The third-order valence-electron chi connectivity index (χ3n) is 9.92. The quantitative estimate of drug-likeness (QED) is 0.188. The molecule has 0 radical (unpaired) electrons. The van der Waals surface area contributed by atoms with Gasteiger partial charge in [-0.3, -0.25) is 0 Å². The highest BCUT2D eigenvalue weighted by molar-refractivity contribution is 6.12. The normalized spacial score (nSPS) is 11.9. The van der Waals surface area contributed by atoms with Crippen LogP contribution < -0.4 is 0 Å². The van der Waals surface area contributed by atoms with Crippen molar-refractivity contribution >= 4 is 21.8 Å². The van der Waals surface area contributed by atoms with E-state index in [-0.39, 0.29) is 0 Å². The van der Waals surface area contributed by atoms with Crippen molar-refractivity contribution in [2.24, 2.45) is 0 Å². The number of aromatic nitrogens is 4. The molecule has 0 saturated carbocycles. The van der Waals surface area contributed by atoms with Crippen LogP contribution >= 0.6 is 0 Å². The maximum absolute atomic E-state index is 4.90. The fourth-order valence-corrected chi connectivity index (χ4v) is 7.51. The molecule has 0 N–H and O–H groups in total. The molecule has 2 heterocycles. The Labute approximate surface area is 290 Å². The fraction of sp³-hybridized carbons (Fsp3) is 0.0217. The third kappa shape index (κ3) is 4.65. The van der Waals surface area contributed by atoms with Gasteiger partial charge >= 0.3 is 0 Å². The molecule has 0 atom stereocenters. The molecule has 0 unspecified atom stereocenters. The van der Waals surface area contributed by atoms with Crippen LogP contribution in [0.2, 0.25) is 0 Å². The molecule has 4 heteroatoms. The largest absolute Gasteiger partial charge is 0.309 e. The average Bonchev–Trinajstić information content (AvgIpc) is 3.75. The number of fused-ring (bicyclic) bond motifs is 7. The Morgan fingerprint density at radius 2 is 0.900 bits per heavy atom. The van der Waals surface area contributed by atoms with Crippen LogP contribution in [0, 0.1) is 0 Å². The van der Waals surface area contributed by atoms with Gasteiger partial charge in [-0.2, -0.15) is 0 Å². The van der Waals surface area contributed by atoms with Gasteiger partial charge in [-0.1, -0.05) is 152 Å². The molecule has 50 heavy (non-hydrogen) atoms. The Kier molecular flexibility index (Phi) is 6.53.